The molecule has 0 saturated heterocycles. The van der Waals surface area contributed by atoms with Crippen LogP contribution in [-0.4, -0.2) is 27.5 Å². The molecule has 23 heavy (non-hydrogen) atoms. The number of nitrogens with one attached hydrogen (secondary N) is 1. The Morgan fingerprint density at radius 1 is 1.61 bits per heavy atom. The fourth-order valence-electron chi connectivity index (χ4n) is 2.82. The first-order valence-electron chi connectivity index (χ1n) is 7.44. The van der Waals surface area contributed by atoms with Crippen LogP contribution in [-0.2, 0) is 13.0 Å². The van der Waals surface area contributed by atoms with E-state index < -0.39 is 6.55 Å². The van der Waals surface area contributed by atoms with Crippen molar-refractivity contribution in [3.8, 4) is 0 Å². The van der Waals surface area contributed by atoms with Gasteiger partial charge in [0.15, 0.2) is 0 Å². The molecule has 0 spiro atoms. The van der Waals surface area contributed by atoms with Crippen molar-refractivity contribution in [2.45, 2.75) is 38.4 Å². The van der Waals surface area contributed by atoms with Crippen LogP contribution >= 0.6 is 0 Å². The normalized spacial score (nSPS) is 17.1. The molecule has 0 bridgehead atoms. The van der Waals surface area contributed by atoms with Crippen molar-refractivity contribution in [3.63, 3.8) is 0 Å². The number of fused-ring (bicyclic) bond motifs is 1. The second-order valence-corrected chi connectivity index (χ2v) is 5.58. The molecular weight excluding hydrogens is 306 g/mol. The number of imidazole rings is 1. The van der Waals surface area contributed by atoms with E-state index in [4.69, 9.17) is 4.42 Å². The molecule has 0 fully saturated rings. The van der Waals surface area contributed by atoms with E-state index in [1.165, 1.54) is 17.3 Å². The molecule has 1 unspecified atom stereocenters. The average Bonchev–Trinajstić information content (AvgIpc) is 3.16. The maximum absolute atomic E-state index is 12.8. The first-order chi connectivity index (χ1) is 11.1. The third-order valence-electron chi connectivity index (χ3n) is 4.03. The number of furan rings is 1. The summed E-state index contributed by atoms with van der Waals surface area (Å²) in [5, 5.41) is 2.92. The van der Waals surface area contributed by atoms with Crippen LogP contribution in [0.4, 0.5) is 13.6 Å². The summed E-state index contributed by atoms with van der Waals surface area (Å²) in [7, 11) is 1.55. The Hall–Kier alpha value is -2.38. The van der Waals surface area contributed by atoms with E-state index in [-0.39, 0.29) is 24.4 Å². The molecule has 2 aromatic heterocycles. The highest BCUT2D eigenvalue weighted by molar-refractivity contribution is 5.74. The zero-order valence-corrected chi connectivity index (χ0v) is 12.7. The quantitative estimate of drug-likeness (QED) is 0.940. The van der Waals surface area contributed by atoms with Crippen LogP contribution in [0.25, 0.3) is 0 Å². The number of alkyl halides is 2. The van der Waals surface area contributed by atoms with Gasteiger partial charge in [0.2, 0.25) is 0 Å². The number of urea groups is 1. The summed E-state index contributed by atoms with van der Waals surface area (Å²) in [6, 6.07) is 1.43. The van der Waals surface area contributed by atoms with Crippen LogP contribution in [0.2, 0.25) is 0 Å². The fourth-order valence-corrected chi connectivity index (χ4v) is 2.82. The number of aromatic nitrogens is 2. The molecule has 2 heterocycles. The maximum Gasteiger partial charge on any atom is 0.319 e. The molecule has 3 rings (SSSR count). The van der Waals surface area contributed by atoms with Gasteiger partial charge in [-0.15, -0.1) is 0 Å². The lowest BCUT2D eigenvalue weighted by molar-refractivity contribution is 0.0650. The van der Waals surface area contributed by atoms with Crippen molar-refractivity contribution in [2.24, 2.45) is 0 Å². The highest BCUT2D eigenvalue weighted by Gasteiger charge is 2.25. The van der Waals surface area contributed by atoms with Gasteiger partial charge in [0.05, 0.1) is 18.8 Å². The number of halogens is 2. The zero-order valence-electron chi connectivity index (χ0n) is 12.7. The van der Waals surface area contributed by atoms with Gasteiger partial charge in [-0.25, -0.2) is 9.78 Å². The third kappa shape index (κ3) is 3.20. The predicted molar refractivity (Wildman–Crippen MR) is 77.9 cm³/mol. The lowest BCUT2D eigenvalue weighted by Gasteiger charge is -2.26. The van der Waals surface area contributed by atoms with Gasteiger partial charge in [0, 0.05) is 31.4 Å². The SMILES string of the molecule is CN(Cc1nccn1C(F)F)C(=O)NC1CCCc2occc21. The smallest absolute Gasteiger partial charge is 0.319 e. The van der Waals surface area contributed by atoms with Crippen molar-refractivity contribution in [1.82, 2.24) is 19.8 Å². The van der Waals surface area contributed by atoms with Gasteiger partial charge in [-0.3, -0.25) is 4.57 Å². The molecule has 8 heteroatoms. The highest BCUT2D eigenvalue weighted by Crippen LogP contribution is 2.30. The van der Waals surface area contributed by atoms with E-state index in [9.17, 15) is 13.6 Å². The maximum atomic E-state index is 12.8. The Kier molecular flexibility index (Phi) is 4.31. The van der Waals surface area contributed by atoms with Gasteiger partial charge < -0.3 is 14.6 Å². The lowest BCUT2D eigenvalue weighted by Crippen LogP contribution is -2.40. The van der Waals surface area contributed by atoms with Crippen LogP contribution in [0, 0.1) is 0 Å². The van der Waals surface area contributed by atoms with E-state index in [0.717, 1.165) is 35.2 Å². The van der Waals surface area contributed by atoms with Crippen LogP contribution in [0.3, 0.4) is 0 Å². The van der Waals surface area contributed by atoms with Crippen LogP contribution < -0.4 is 5.32 Å². The predicted octanol–water partition coefficient (Wildman–Crippen LogP) is 3.09. The average molecular weight is 324 g/mol. The highest BCUT2D eigenvalue weighted by atomic mass is 19.3. The Morgan fingerprint density at radius 3 is 3.22 bits per heavy atom. The number of aryl methyl sites for hydroxylation is 1. The number of carbonyl (C=O) groups excluding carboxylic acids is 1. The zero-order chi connectivity index (χ0) is 16.4. The monoisotopic (exact) mass is 324 g/mol. The first-order valence-corrected chi connectivity index (χ1v) is 7.44. The summed E-state index contributed by atoms with van der Waals surface area (Å²) in [5.74, 6) is 1.04. The van der Waals surface area contributed by atoms with Gasteiger partial charge in [-0.1, -0.05) is 0 Å². The van der Waals surface area contributed by atoms with Gasteiger partial charge in [0.25, 0.3) is 0 Å². The Bertz CT molecular complexity index is 683. The minimum atomic E-state index is -2.67. The Balaban J connectivity index is 1.64. The van der Waals surface area contributed by atoms with Gasteiger partial charge >= 0.3 is 12.6 Å². The minimum absolute atomic E-state index is 0.00807. The van der Waals surface area contributed by atoms with Crippen LogP contribution in [0.1, 0.15) is 42.6 Å². The molecule has 0 saturated carbocycles. The van der Waals surface area contributed by atoms with Crippen LogP contribution in [0.15, 0.2) is 29.1 Å². The topological polar surface area (TPSA) is 63.3 Å². The summed E-state index contributed by atoms with van der Waals surface area (Å²) in [6.07, 6.45) is 6.76. The number of amides is 2. The summed E-state index contributed by atoms with van der Waals surface area (Å²) in [6.45, 7) is -2.66. The summed E-state index contributed by atoms with van der Waals surface area (Å²) >= 11 is 0. The molecule has 124 valence electrons. The van der Waals surface area contributed by atoms with Gasteiger partial charge in [-0.05, 0) is 18.9 Å². The largest absolute Gasteiger partial charge is 0.469 e. The second-order valence-electron chi connectivity index (χ2n) is 5.58. The fraction of sp³-hybridized carbons (Fsp3) is 0.467. The van der Waals surface area contributed by atoms with Crippen molar-refractivity contribution in [2.75, 3.05) is 7.05 Å². The summed E-state index contributed by atoms with van der Waals surface area (Å²) < 4.78 is 31.8. The van der Waals surface area contributed by atoms with Gasteiger partial charge in [0.1, 0.15) is 11.6 Å². The van der Waals surface area contributed by atoms with E-state index in [2.05, 4.69) is 10.3 Å². The number of nitrogens with zero attached hydrogens (tertiary/aromatic N) is 3. The molecule has 1 aliphatic rings. The summed E-state index contributed by atoms with van der Waals surface area (Å²) in [4.78, 5) is 17.5. The molecule has 6 nitrogen and oxygen atoms in total. The molecule has 0 aromatic carbocycles. The number of carbonyl (C=O) groups is 1. The molecule has 1 atom stereocenters. The Morgan fingerprint density at radius 2 is 2.43 bits per heavy atom. The van der Waals surface area contributed by atoms with Crippen molar-refractivity contribution in [1.29, 1.82) is 0 Å². The van der Waals surface area contributed by atoms with Crippen molar-refractivity contribution in [3.05, 3.63) is 41.9 Å². The molecular formula is C15H18F2N4O2. The number of hydrogen-bond acceptors (Lipinski definition) is 3. The molecule has 0 radical (unpaired) electrons. The van der Waals surface area contributed by atoms with Crippen molar-refractivity contribution < 1.29 is 18.0 Å². The summed E-state index contributed by atoms with van der Waals surface area (Å²) in [5.41, 5.74) is 0.993. The second kappa shape index (κ2) is 6.39. The first kappa shape index (κ1) is 15.5. The third-order valence-corrected chi connectivity index (χ3v) is 4.03. The number of rotatable bonds is 4. The molecule has 2 amide bonds. The molecule has 1 N–H and O–H groups in total. The van der Waals surface area contributed by atoms with Crippen molar-refractivity contribution >= 4 is 6.03 Å². The number of hydrogen-bond donors (Lipinski definition) is 1. The lowest BCUT2D eigenvalue weighted by atomic mass is 9.93. The van der Waals surface area contributed by atoms with E-state index in [1.807, 2.05) is 6.07 Å². The van der Waals surface area contributed by atoms with Crippen LogP contribution in [0.5, 0.6) is 0 Å². The van der Waals surface area contributed by atoms with E-state index >= 15 is 0 Å². The molecule has 2 aromatic rings. The molecule has 1 aliphatic carbocycles. The standard InChI is InChI=1S/C15H18F2N4O2/c1-20(9-13-18-6-7-21(13)14(16)17)15(22)19-11-3-2-4-12-10(11)5-8-23-12/h5-8,11,14H,2-4,9H2,1H3,(H,19,22). The minimum Gasteiger partial charge on any atom is -0.469 e. The Labute approximate surface area is 132 Å². The van der Waals surface area contributed by atoms with Gasteiger partial charge in [-0.2, -0.15) is 8.78 Å². The van der Waals surface area contributed by atoms with E-state index in [0.29, 0.717) is 0 Å². The van der Waals surface area contributed by atoms with E-state index in [1.54, 1.807) is 13.3 Å². The molecule has 0 aliphatic heterocycles.